The van der Waals surface area contributed by atoms with Crippen LogP contribution >= 0.6 is 0 Å². The van der Waals surface area contributed by atoms with Crippen LogP contribution in [0.1, 0.15) is 80.1 Å². The number of para-hydroxylation sites is 1. The van der Waals surface area contributed by atoms with Crippen molar-refractivity contribution in [3.8, 4) is 0 Å². The van der Waals surface area contributed by atoms with Crippen LogP contribution in [0.15, 0.2) is 53.1 Å². The van der Waals surface area contributed by atoms with Crippen molar-refractivity contribution in [3.63, 3.8) is 0 Å². The second-order valence-electron chi connectivity index (χ2n) is 10.3. The summed E-state index contributed by atoms with van der Waals surface area (Å²) in [7, 11) is 1.47. The molecule has 2 heterocycles. The molecule has 1 aromatic carbocycles. The molecule has 1 spiro atoms. The van der Waals surface area contributed by atoms with Crippen LogP contribution in [-0.2, 0) is 9.53 Å². The molecule has 2 aromatic heterocycles. The molecule has 1 amide bonds. The molecule has 194 valence electrons. The van der Waals surface area contributed by atoms with Gasteiger partial charge in [0.05, 0.1) is 19.0 Å². The van der Waals surface area contributed by atoms with Crippen LogP contribution in [0.3, 0.4) is 0 Å². The van der Waals surface area contributed by atoms with Crippen molar-refractivity contribution in [1.29, 1.82) is 0 Å². The summed E-state index contributed by atoms with van der Waals surface area (Å²) in [5.41, 5.74) is 2.87. The summed E-state index contributed by atoms with van der Waals surface area (Å²) in [5.74, 6) is 0.217. The lowest BCUT2D eigenvalue weighted by Crippen LogP contribution is -2.32. The molecule has 0 atom stereocenters. The van der Waals surface area contributed by atoms with E-state index in [1.54, 1.807) is 6.20 Å². The third kappa shape index (κ3) is 6.15. The molecular weight excluding hydrogens is 470 g/mol. The van der Waals surface area contributed by atoms with Crippen molar-refractivity contribution >= 4 is 29.3 Å². The summed E-state index contributed by atoms with van der Waals surface area (Å²) in [6.45, 7) is 0. The molecule has 2 N–H and O–H groups in total. The fourth-order valence-electron chi connectivity index (χ4n) is 5.75. The first-order valence-corrected chi connectivity index (χ1v) is 13.0. The van der Waals surface area contributed by atoms with Gasteiger partial charge in [-0.05, 0) is 87.0 Å². The Morgan fingerprint density at radius 2 is 1.70 bits per heavy atom. The molecule has 2 fully saturated rings. The molecule has 9 heteroatoms. The summed E-state index contributed by atoms with van der Waals surface area (Å²) in [6, 6.07) is 13.4. The first kappa shape index (κ1) is 24.9. The molecule has 2 aliphatic rings. The van der Waals surface area contributed by atoms with Crippen molar-refractivity contribution < 1.29 is 18.7 Å². The first-order valence-electron chi connectivity index (χ1n) is 13.0. The number of ether oxygens (including phenoxy) is 1. The number of carbonyl (C=O) groups is 2. The second-order valence-corrected chi connectivity index (χ2v) is 10.3. The van der Waals surface area contributed by atoms with Gasteiger partial charge >= 0.3 is 23.8 Å². The van der Waals surface area contributed by atoms with E-state index in [0.29, 0.717) is 29.4 Å². The second kappa shape index (κ2) is 11.1. The Balaban J connectivity index is 1.10. The van der Waals surface area contributed by atoms with E-state index in [2.05, 4.69) is 25.8 Å². The van der Waals surface area contributed by atoms with E-state index in [4.69, 9.17) is 9.15 Å². The van der Waals surface area contributed by atoms with Crippen molar-refractivity contribution in [2.75, 3.05) is 17.7 Å². The van der Waals surface area contributed by atoms with Crippen molar-refractivity contribution in [2.45, 2.75) is 63.7 Å². The molecule has 0 unspecified atom stereocenters. The zero-order valence-corrected chi connectivity index (χ0v) is 21.1. The average molecular weight is 504 g/mol. The van der Waals surface area contributed by atoms with Gasteiger partial charge in [0.2, 0.25) is 0 Å². The summed E-state index contributed by atoms with van der Waals surface area (Å²) < 4.78 is 10.3. The number of amides is 1. The highest BCUT2D eigenvalue weighted by molar-refractivity contribution is 6.00. The number of nitrogens with zero attached hydrogens (tertiary/aromatic N) is 3. The molecular formula is C28H33N5O4. The van der Waals surface area contributed by atoms with E-state index in [9.17, 15) is 9.59 Å². The van der Waals surface area contributed by atoms with Gasteiger partial charge in [0, 0.05) is 23.7 Å². The largest absolute Gasteiger partial charge is 0.469 e. The van der Waals surface area contributed by atoms with Gasteiger partial charge in [0.25, 0.3) is 0 Å². The quantitative estimate of drug-likeness (QED) is 0.385. The molecule has 5 rings (SSSR count). The molecule has 0 radical (unpaired) electrons. The van der Waals surface area contributed by atoms with Gasteiger partial charge in [-0.25, -0.2) is 0 Å². The maximum absolute atomic E-state index is 12.5. The van der Waals surface area contributed by atoms with Crippen molar-refractivity contribution in [1.82, 2.24) is 15.2 Å². The number of hydrogen-bond acceptors (Lipinski definition) is 8. The third-order valence-electron chi connectivity index (χ3n) is 8.00. The lowest BCUT2D eigenvalue weighted by Gasteiger charge is -2.44. The van der Waals surface area contributed by atoms with Gasteiger partial charge in [-0.2, -0.15) is 0 Å². The molecule has 37 heavy (non-hydrogen) atoms. The Morgan fingerprint density at radius 3 is 2.38 bits per heavy atom. The maximum Gasteiger partial charge on any atom is 0.320 e. The molecule has 0 bridgehead atoms. The van der Waals surface area contributed by atoms with Crippen LogP contribution in [0.4, 0.5) is 17.4 Å². The number of rotatable bonds is 7. The van der Waals surface area contributed by atoms with E-state index < -0.39 is 5.91 Å². The minimum atomic E-state index is -0.481. The number of aromatic nitrogens is 3. The predicted octanol–water partition coefficient (Wildman–Crippen LogP) is 5.86. The number of nitrogens with one attached hydrogen (secondary N) is 2. The number of carbonyl (C=O) groups excluding carboxylic acids is 2. The number of esters is 1. The molecule has 3 aromatic rings. The number of methoxy groups -OCH3 is 1. The summed E-state index contributed by atoms with van der Waals surface area (Å²) >= 11 is 0. The highest BCUT2D eigenvalue weighted by Crippen LogP contribution is 2.52. The van der Waals surface area contributed by atoms with Crippen LogP contribution in [0.2, 0.25) is 0 Å². The number of pyridine rings is 1. The number of anilines is 3. The SMILES string of the molecule is COC(=O)CC1CCC2(CC1)CCC(c1ccc(NC(=O)c3nnc(Nc4ccccc4)o3)cn1)CC2. The summed E-state index contributed by atoms with van der Waals surface area (Å²) in [4.78, 5) is 28.8. The van der Waals surface area contributed by atoms with E-state index >= 15 is 0 Å². The van der Waals surface area contributed by atoms with Gasteiger partial charge in [-0.1, -0.05) is 23.3 Å². The standard InChI is InChI=1S/C28H33N5O4/c1-36-24(34)17-19-9-13-28(14-10-19)15-11-20(12-16-28)23-8-7-22(18-29-23)30-25(35)26-32-33-27(37-26)31-21-5-3-2-4-6-21/h2-8,18-20H,9-17H2,1H3,(H,30,35)(H,31,33). The Kier molecular flexibility index (Phi) is 7.48. The zero-order chi connectivity index (χ0) is 25.7. The third-order valence-corrected chi connectivity index (χ3v) is 8.00. The molecule has 9 nitrogen and oxygen atoms in total. The number of benzene rings is 1. The van der Waals surface area contributed by atoms with Crippen molar-refractivity contribution in [2.24, 2.45) is 11.3 Å². The van der Waals surface area contributed by atoms with Gasteiger partial charge in [-0.3, -0.25) is 14.6 Å². The maximum atomic E-state index is 12.5. The smallest absolute Gasteiger partial charge is 0.320 e. The monoisotopic (exact) mass is 503 g/mol. The molecule has 0 saturated heterocycles. The fourth-order valence-corrected chi connectivity index (χ4v) is 5.75. The summed E-state index contributed by atoms with van der Waals surface area (Å²) in [5, 5.41) is 13.5. The van der Waals surface area contributed by atoms with E-state index in [1.807, 2.05) is 42.5 Å². The van der Waals surface area contributed by atoms with Crippen LogP contribution in [0.25, 0.3) is 0 Å². The van der Waals surface area contributed by atoms with Crippen LogP contribution in [0.5, 0.6) is 0 Å². The Bertz CT molecular complexity index is 1190. The first-order chi connectivity index (χ1) is 18.0. The van der Waals surface area contributed by atoms with E-state index in [0.717, 1.165) is 37.1 Å². The zero-order valence-electron chi connectivity index (χ0n) is 21.1. The van der Waals surface area contributed by atoms with Crippen LogP contribution in [-0.4, -0.2) is 34.2 Å². The normalized spacial score (nSPS) is 23.4. The van der Waals surface area contributed by atoms with E-state index in [1.165, 1.54) is 32.8 Å². The lowest BCUT2D eigenvalue weighted by atomic mass is 9.61. The minimum Gasteiger partial charge on any atom is -0.469 e. The van der Waals surface area contributed by atoms with Gasteiger partial charge in [0.15, 0.2) is 0 Å². The highest BCUT2D eigenvalue weighted by atomic mass is 16.5. The van der Waals surface area contributed by atoms with Gasteiger partial charge in [-0.15, -0.1) is 5.10 Å². The topological polar surface area (TPSA) is 119 Å². The summed E-state index contributed by atoms with van der Waals surface area (Å²) in [6.07, 6.45) is 11.6. The molecule has 2 aliphatic carbocycles. The Hall–Kier alpha value is -3.75. The van der Waals surface area contributed by atoms with Gasteiger partial charge in [0.1, 0.15) is 0 Å². The average Bonchev–Trinajstić information content (AvgIpc) is 3.40. The van der Waals surface area contributed by atoms with Gasteiger partial charge < -0.3 is 19.8 Å². The number of hydrogen-bond donors (Lipinski definition) is 2. The Morgan fingerprint density at radius 1 is 0.973 bits per heavy atom. The van der Waals surface area contributed by atoms with Crippen LogP contribution < -0.4 is 10.6 Å². The lowest BCUT2D eigenvalue weighted by molar-refractivity contribution is -0.142. The fraction of sp³-hybridized carbons (Fsp3) is 0.464. The van der Waals surface area contributed by atoms with Crippen LogP contribution in [0, 0.1) is 11.3 Å². The molecule has 2 saturated carbocycles. The highest BCUT2D eigenvalue weighted by Gasteiger charge is 2.39. The Labute approximate surface area is 216 Å². The predicted molar refractivity (Wildman–Crippen MR) is 138 cm³/mol. The van der Waals surface area contributed by atoms with E-state index in [-0.39, 0.29) is 17.9 Å². The molecule has 0 aliphatic heterocycles. The minimum absolute atomic E-state index is 0.0859. The van der Waals surface area contributed by atoms with Crippen molar-refractivity contribution in [3.05, 3.63) is 60.2 Å².